The van der Waals surface area contributed by atoms with E-state index in [1.807, 2.05) is 0 Å². The summed E-state index contributed by atoms with van der Waals surface area (Å²) in [6.07, 6.45) is 1.43. The van der Waals surface area contributed by atoms with Crippen LogP contribution in [0.25, 0.3) is 11.0 Å². The molecule has 2 heterocycles. The van der Waals surface area contributed by atoms with Crippen LogP contribution in [-0.4, -0.2) is 42.7 Å². The first-order chi connectivity index (χ1) is 12.9. The minimum atomic E-state index is -3.89. The van der Waals surface area contributed by atoms with Crippen LogP contribution in [0.3, 0.4) is 0 Å². The topological polar surface area (TPSA) is 108 Å². The fraction of sp³-hybridized carbons (Fsp3) is 0.222. The van der Waals surface area contributed by atoms with Gasteiger partial charge < -0.3 is 14.6 Å². The van der Waals surface area contributed by atoms with E-state index in [-0.39, 0.29) is 17.7 Å². The number of benzene rings is 1. The van der Waals surface area contributed by atoms with Crippen molar-refractivity contribution in [3.05, 3.63) is 48.2 Å². The Morgan fingerprint density at radius 1 is 1.11 bits per heavy atom. The Kier molecular flexibility index (Phi) is 5.04. The summed E-state index contributed by atoms with van der Waals surface area (Å²) >= 11 is 0. The monoisotopic (exact) mass is 390 g/mol. The highest BCUT2D eigenvalue weighted by atomic mass is 32.2. The lowest BCUT2D eigenvalue weighted by Crippen LogP contribution is -2.12. The number of aliphatic carboxylic acids is 1. The number of ether oxygens (including phenoxy) is 2. The zero-order chi connectivity index (χ0) is 19.6. The summed E-state index contributed by atoms with van der Waals surface area (Å²) < 4.78 is 37.5. The standard InChI is InChI=1S/C18H18N2O6S/c1-25-13-4-6-14(7-5-13)27(23,24)20-11-12(3-10-17(21)22)18-15(20)8-9-16(19-18)26-2/h4-9,11H,3,10H2,1-2H3,(H,21,22). The molecular formula is C18H18N2O6S. The number of carboxylic acids is 1. The van der Waals surface area contributed by atoms with E-state index in [2.05, 4.69) is 4.98 Å². The third kappa shape index (κ3) is 3.59. The van der Waals surface area contributed by atoms with Crippen molar-refractivity contribution in [1.29, 1.82) is 0 Å². The third-order valence-electron chi connectivity index (χ3n) is 4.10. The summed E-state index contributed by atoms with van der Waals surface area (Å²) in [5.41, 5.74) is 1.27. The highest BCUT2D eigenvalue weighted by molar-refractivity contribution is 7.90. The number of nitrogens with zero attached hydrogens (tertiary/aromatic N) is 2. The Bertz CT molecular complexity index is 1090. The molecule has 1 aromatic carbocycles. The predicted octanol–water partition coefficient (Wildman–Crippen LogP) is 2.31. The molecule has 0 atom stereocenters. The number of aryl methyl sites for hydroxylation is 1. The van der Waals surface area contributed by atoms with Crippen LogP contribution in [-0.2, 0) is 21.2 Å². The van der Waals surface area contributed by atoms with Crippen LogP contribution >= 0.6 is 0 Å². The lowest BCUT2D eigenvalue weighted by molar-refractivity contribution is -0.136. The van der Waals surface area contributed by atoms with E-state index in [0.717, 1.165) is 3.97 Å². The summed E-state index contributed by atoms with van der Waals surface area (Å²) in [6, 6.07) is 9.17. The van der Waals surface area contributed by atoms with Crippen molar-refractivity contribution in [3.8, 4) is 11.6 Å². The number of pyridine rings is 1. The molecule has 0 bridgehead atoms. The highest BCUT2D eigenvalue weighted by Gasteiger charge is 2.22. The Morgan fingerprint density at radius 2 is 1.81 bits per heavy atom. The van der Waals surface area contributed by atoms with Gasteiger partial charge in [0.2, 0.25) is 5.88 Å². The smallest absolute Gasteiger partial charge is 0.303 e. The summed E-state index contributed by atoms with van der Waals surface area (Å²) in [7, 11) is -0.944. The lowest BCUT2D eigenvalue weighted by Gasteiger charge is -2.08. The van der Waals surface area contributed by atoms with Crippen molar-refractivity contribution in [2.45, 2.75) is 17.7 Å². The first-order valence-corrected chi connectivity index (χ1v) is 9.47. The molecule has 0 aliphatic heterocycles. The first kappa shape index (κ1) is 18.7. The van der Waals surface area contributed by atoms with Crippen LogP contribution in [0.5, 0.6) is 11.6 Å². The van der Waals surface area contributed by atoms with Gasteiger partial charge in [0, 0.05) is 18.7 Å². The van der Waals surface area contributed by atoms with E-state index in [9.17, 15) is 13.2 Å². The summed E-state index contributed by atoms with van der Waals surface area (Å²) in [5.74, 6) is -0.115. The Hall–Kier alpha value is -3.07. The molecule has 3 aromatic rings. The molecule has 0 unspecified atom stereocenters. The molecule has 2 aromatic heterocycles. The van der Waals surface area contributed by atoms with E-state index < -0.39 is 16.0 Å². The maximum absolute atomic E-state index is 13.1. The number of methoxy groups -OCH3 is 2. The molecule has 0 aliphatic rings. The fourth-order valence-corrected chi connectivity index (χ4v) is 4.10. The van der Waals surface area contributed by atoms with Crippen LogP contribution in [0, 0.1) is 0 Å². The number of carboxylic acid groups (broad SMARTS) is 1. The quantitative estimate of drug-likeness (QED) is 0.659. The van der Waals surface area contributed by atoms with Gasteiger partial charge in [0.1, 0.15) is 5.75 Å². The van der Waals surface area contributed by atoms with E-state index in [1.54, 1.807) is 24.3 Å². The molecule has 0 radical (unpaired) electrons. The number of rotatable bonds is 7. The fourth-order valence-electron chi connectivity index (χ4n) is 2.72. The van der Waals surface area contributed by atoms with E-state index in [4.69, 9.17) is 14.6 Å². The van der Waals surface area contributed by atoms with Crippen molar-refractivity contribution in [2.75, 3.05) is 14.2 Å². The van der Waals surface area contributed by atoms with Crippen LogP contribution in [0.4, 0.5) is 0 Å². The van der Waals surface area contributed by atoms with Crippen molar-refractivity contribution in [2.24, 2.45) is 0 Å². The minimum absolute atomic E-state index is 0.0841. The van der Waals surface area contributed by atoms with E-state index >= 15 is 0 Å². The van der Waals surface area contributed by atoms with Gasteiger partial charge in [-0.05, 0) is 42.3 Å². The molecular weight excluding hydrogens is 372 g/mol. The number of hydrogen-bond donors (Lipinski definition) is 1. The van der Waals surface area contributed by atoms with Crippen LogP contribution < -0.4 is 9.47 Å². The van der Waals surface area contributed by atoms with E-state index in [0.29, 0.717) is 28.2 Å². The largest absolute Gasteiger partial charge is 0.497 e. The number of hydrogen-bond acceptors (Lipinski definition) is 6. The maximum atomic E-state index is 13.1. The molecule has 0 saturated heterocycles. The summed E-state index contributed by atoms with van der Waals surface area (Å²) in [6.45, 7) is 0. The van der Waals surface area contributed by atoms with Gasteiger partial charge in [0.15, 0.2) is 0 Å². The molecule has 8 nitrogen and oxygen atoms in total. The van der Waals surface area contributed by atoms with Gasteiger partial charge in [-0.1, -0.05) is 0 Å². The number of carbonyl (C=O) groups is 1. The molecule has 0 amide bonds. The molecule has 142 valence electrons. The molecule has 0 aliphatic carbocycles. The normalized spacial score (nSPS) is 11.5. The van der Waals surface area contributed by atoms with Gasteiger partial charge in [-0.25, -0.2) is 17.4 Å². The first-order valence-electron chi connectivity index (χ1n) is 8.03. The molecule has 1 N–H and O–H groups in total. The van der Waals surface area contributed by atoms with Gasteiger partial charge in [-0.15, -0.1) is 0 Å². The van der Waals surface area contributed by atoms with Gasteiger partial charge in [0.05, 0.1) is 30.1 Å². The van der Waals surface area contributed by atoms with Crippen LogP contribution in [0.15, 0.2) is 47.5 Å². The van der Waals surface area contributed by atoms with Crippen LogP contribution in [0.2, 0.25) is 0 Å². The minimum Gasteiger partial charge on any atom is -0.497 e. The average molecular weight is 390 g/mol. The molecule has 0 saturated carbocycles. The second kappa shape index (κ2) is 7.28. The lowest BCUT2D eigenvalue weighted by atomic mass is 10.1. The SMILES string of the molecule is COc1ccc(S(=O)(=O)n2cc(CCC(=O)O)c3nc(OC)ccc32)cc1. The highest BCUT2D eigenvalue weighted by Crippen LogP contribution is 2.28. The van der Waals surface area contributed by atoms with Gasteiger partial charge in [0.25, 0.3) is 10.0 Å². The van der Waals surface area contributed by atoms with Crippen molar-refractivity contribution in [3.63, 3.8) is 0 Å². The zero-order valence-corrected chi connectivity index (χ0v) is 15.6. The average Bonchev–Trinajstić information content (AvgIpc) is 3.05. The predicted molar refractivity (Wildman–Crippen MR) is 97.8 cm³/mol. The maximum Gasteiger partial charge on any atom is 0.303 e. The number of fused-ring (bicyclic) bond motifs is 1. The Labute approximate surface area is 156 Å². The van der Waals surface area contributed by atoms with Crippen molar-refractivity contribution < 1.29 is 27.8 Å². The molecule has 3 rings (SSSR count). The van der Waals surface area contributed by atoms with Gasteiger partial charge in [-0.3, -0.25) is 4.79 Å². The third-order valence-corrected chi connectivity index (χ3v) is 5.78. The summed E-state index contributed by atoms with van der Waals surface area (Å²) in [5, 5.41) is 8.96. The van der Waals surface area contributed by atoms with Crippen molar-refractivity contribution >= 4 is 27.0 Å². The second-order valence-corrected chi connectivity index (χ2v) is 7.56. The second-order valence-electron chi connectivity index (χ2n) is 5.75. The van der Waals surface area contributed by atoms with E-state index in [1.165, 1.54) is 32.5 Å². The molecule has 0 fully saturated rings. The van der Waals surface area contributed by atoms with Gasteiger partial charge in [-0.2, -0.15) is 0 Å². The summed E-state index contributed by atoms with van der Waals surface area (Å²) in [4.78, 5) is 15.3. The molecule has 9 heteroatoms. The van der Waals surface area contributed by atoms with Crippen molar-refractivity contribution in [1.82, 2.24) is 8.96 Å². The number of aromatic nitrogens is 2. The van der Waals surface area contributed by atoms with Gasteiger partial charge >= 0.3 is 5.97 Å². The molecule has 0 spiro atoms. The Balaban J connectivity index is 2.15. The molecule has 27 heavy (non-hydrogen) atoms. The Morgan fingerprint density at radius 3 is 2.41 bits per heavy atom. The zero-order valence-electron chi connectivity index (χ0n) is 14.7. The van der Waals surface area contributed by atoms with Crippen LogP contribution in [0.1, 0.15) is 12.0 Å².